The fourth-order valence-electron chi connectivity index (χ4n) is 2.02. The van der Waals surface area contributed by atoms with Gasteiger partial charge < -0.3 is 13.9 Å². The van der Waals surface area contributed by atoms with Crippen LogP contribution in [0.1, 0.15) is 34.8 Å². The second-order valence-corrected chi connectivity index (χ2v) is 6.84. The van der Waals surface area contributed by atoms with Crippen LogP contribution in [0.5, 0.6) is 0 Å². The molecule has 0 aliphatic rings. The van der Waals surface area contributed by atoms with E-state index in [0.717, 1.165) is 10.4 Å². The van der Waals surface area contributed by atoms with E-state index in [1.54, 1.807) is 26.0 Å². The topological polar surface area (TPSA) is 101 Å². The van der Waals surface area contributed by atoms with Crippen LogP contribution in [0.25, 0.3) is 0 Å². The number of aryl methyl sites for hydroxylation is 2. The third-order valence-corrected chi connectivity index (χ3v) is 5.02. The van der Waals surface area contributed by atoms with Crippen molar-refractivity contribution < 1.29 is 27.2 Å². The minimum Gasteiger partial charge on any atom is -0.475 e. The Bertz CT molecular complexity index is 786. The zero-order valence-electron chi connectivity index (χ0n) is 12.5. The lowest BCUT2D eigenvalue weighted by Crippen LogP contribution is -2.26. The van der Waals surface area contributed by atoms with Gasteiger partial charge >= 0.3 is 5.97 Å². The SMILES string of the molecule is CCc1oc(C(=O)O)cc1S(=O)(=O)N(C)Cc1ccc(C)o1. The number of furan rings is 2. The number of hydrogen-bond acceptors (Lipinski definition) is 5. The van der Waals surface area contributed by atoms with Gasteiger partial charge in [0, 0.05) is 19.5 Å². The van der Waals surface area contributed by atoms with Crippen LogP contribution in [0.4, 0.5) is 0 Å². The molecule has 2 rings (SSSR count). The van der Waals surface area contributed by atoms with E-state index in [0.29, 0.717) is 11.5 Å². The molecule has 0 saturated heterocycles. The number of rotatable bonds is 6. The minimum atomic E-state index is -3.87. The van der Waals surface area contributed by atoms with E-state index in [1.807, 2.05) is 0 Å². The van der Waals surface area contributed by atoms with Gasteiger partial charge in [0.2, 0.25) is 15.8 Å². The van der Waals surface area contributed by atoms with Crippen molar-refractivity contribution in [3.8, 4) is 0 Å². The highest BCUT2D eigenvalue weighted by Crippen LogP contribution is 2.25. The molecular formula is C14H17NO6S. The van der Waals surface area contributed by atoms with Gasteiger partial charge in [0.25, 0.3) is 0 Å². The van der Waals surface area contributed by atoms with Crippen LogP contribution >= 0.6 is 0 Å². The van der Waals surface area contributed by atoms with Gasteiger partial charge in [-0.2, -0.15) is 4.31 Å². The van der Waals surface area contributed by atoms with Gasteiger partial charge in [-0.25, -0.2) is 13.2 Å². The van der Waals surface area contributed by atoms with E-state index in [9.17, 15) is 13.2 Å². The van der Waals surface area contributed by atoms with Crippen molar-refractivity contribution in [3.63, 3.8) is 0 Å². The summed E-state index contributed by atoms with van der Waals surface area (Å²) in [5.74, 6) is -0.381. The largest absolute Gasteiger partial charge is 0.475 e. The Morgan fingerprint density at radius 1 is 1.32 bits per heavy atom. The lowest BCUT2D eigenvalue weighted by atomic mass is 10.3. The molecule has 2 heterocycles. The molecule has 8 heteroatoms. The summed E-state index contributed by atoms with van der Waals surface area (Å²) in [7, 11) is -2.46. The van der Waals surface area contributed by atoms with Gasteiger partial charge in [0.05, 0.1) is 6.54 Å². The van der Waals surface area contributed by atoms with Gasteiger partial charge in [-0.05, 0) is 19.1 Å². The maximum Gasteiger partial charge on any atom is 0.371 e. The predicted molar refractivity (Wildman–Crippen MR) is 77.1 cm³/mol. The Balaban J connectivity index is 2.34. The first-order chi connectivity index (χ1) is 10.3. The quantitative estimate of drug-likeness (QED) is 0.873. The van der Waals surface area contributed by atoms with E-state index < -0.39 is 21.8 Å². The number of nitrogens with zero attached hydrogens (tertiary/aromatic N) is 1. The highest BCUT2D eigenvalue weighted by molar-refractivity contribution is 7.89. The molecule has 7 nitrogen and oxygen atoms in total. The van der Waals surface area contributed by atoms with Gasteiger partial charge in [-0.3, -0.25) is 0 Å². The monoisotopic (exact) mass is 327 g/mol. The molecule has 0 aliphatic carbocycles. The minimum absolute atomic E-state index is 0.0485. The van der Waals surface area contributed by atoms with Crippen molar-refractivity contribution in [1.29, 1.82) is 0 Å². The molecule has 2 aromatic heterocycles. The Hall–Kier alpha value is -2.06. The van der Waals surface area contributed by atoms with Crippen LogP contribution in [0.3, 0.4) is 0 Å². The van der Waals surface area contributed by atoms with E-state index in [-0.39, 0.29) is 23.6 Å². The van der Waals surface area contributed by atoms with E-state index in [2.05, 4.69) is 0 Å². The molecule has 22 heavy (non-hydrogen) atoms. The molecule has 0 spiro atoms. The molecule has 0 unspecified atom stereocenters. The highest BCUT2D eigenvalue weighted by Gasteiger charge is 2.29. The maximum atomic E-state index is 12.6. The zero-order chi connectivity index (χ0) is 16.5. The second kappa shape index (κ2) is 5.98. The van der Waals surface area contributed by atoms with Crippen LogP contribution in [0.2, 0.25) is 0 Å². The molecule has 2 aromatic rings. The van der Waals surface area contributed by atoms with Crippen LogP contribution in [-0.2, 0) is 23.0 Å². The third kappa shape index (κ3) is 3.07. The Morgan fingerprint density at radius 2 is 2.00 bits per heavy atom. The Morgan fingerprint density at radius 3 is 2.50 bits per heavy atom. The first-order valence-corrected chi connectivity index (χ1v) is 8.07. The Labute approximate surface area is 128 Å². The molecular weight excluding hydrogens is 310 g/mol. The van der Waals surface area contributed by atoms with E-state index in [1.165, 1.54) is 7.05 Å². The highest BCUT2D eigenvalue weighted by atomic mass is 32.2. The molecule has 0 atom stereocenters. The van der Waals surface area contributed by atoms with Gasteiger partial charge in [0.1, 0.15) is 22.2 Å². The average Bonchev–Trinajstić information content (AvgIpc) is 3.05. The van der Waals surface area contributed by atoms with Crippen molar-refractivity contribution >= 4 is 16.0 Å². The zero-order valence-corrected chi connectivity index (χ0v) is 13.3. The summed E-state index contributed by atoms with van der Waals surface area (Å²) in [6, 6.07) is 4.48. The molecule has 0 saturated carbocycles. The molecule has 0 bridgehead atoms. The van der Waals surface area contributed by atoms with Crippen LogP contribution in [-0.4, -0.2) is 30.8 Å². The standard InChI is InChI=1S/C14H17NO6S/c1-4-11-13(7-12(21-11)14(16)17)22(18,19)15(3)8-10-6-5-9(2)20-10/h5-7H,4,8H2,1-3H3,(H,16,17). The molecule has 0 fully saturated rings. The Kier molecular flexibility index (Phi) is 4.43. The van der Waals surface area contributed by atoms with Crippen LogP contribution in [0.15, 0.2) is 31.9 Å². The summed E-state index contributed by atoms with van der Waals surface area (Å²) in [4.78, 5) is 10.8. The van der Waals surface area contributed by atoms with E-state index >= 15 is 0 Å². The van der Waals surface area contributed by atoms with Crippen molar-refractivity contribution in [1.82, 2.24) is 4.31 Å². The van der Waals surface area contributed by atoms with Gasteiger partial charge in [-0.1, -0.05) is 6.92 Å². The lowest BCUT2D eigenvalue weighted by molar-refractivity contribution is 0.0660. The fraction of sp³-hybridized carbons (Fsp3) is 0.357. The van der Waals surface area contributed by atoms with Crippen molar-refractivity contribution in [2.75, 3.05) is 7.05 Å². The van der Waals surface area contributed by atoms with Crippen molar-refractivity contribution in [2.45, 2.75) is 31.7 Å². The van der Waals surface area contributed by atoms with Crippen molar-refractivity contribution in [2.24, 2.45) is 0 Å². The lowest BCUT2D eigenvalue weighted by Gasteiger charge is -2.15. The predicted octanol–water partition coefficient (Wildman–Crippen LogP) is 2.26. The van der Waals surface area contributed by atoms with Crippen molar-refractivity contribution in [3.05, 3.63) is 41.2 Å². The summed E-state index contributed by atoms with van der Waals surface area (Å²) >= 11 is 0. The number of aromatic carboxylic acids is 1. The normalized spacial score (nSPS) is 12.0. The number of carboxylic acids is 1. The maximum absolute atomic E-state index is 12.6. The number of hydrogen-bond donors (Lipinski definition) is 1. The van der Waals surface area contributed by atoms with E-state index in [4.69, 9.17) is 13.9 Å². The van der Waals surface area contributed by atoms with Crippen LogP contribution in [0, 0.1) is 6.92 Å². The summed E-state index contributed by atoms with van der Waals surface area (Å²) < 4.78 is 36.7. The number of sulfonamides is 1. The molecule has 1 N–H and O–H groups in total. The molecule has 120 valence electrons. The molecule has 0 radical (unpaired) electrons. The summed E-state index contributed by atoms with van der Waals surface area (Å²) in [6.45, 7) is 3.51. The van der Waals surface area contributed by atoms with Gasteiger partial charge in [-0.15, -0.1) is 0 Å². The summed E-state index contributed by atoms with van der Waals surface area (Å²) in [5, 5.41) is 8.94. The first kappa shape index (κ1) is 16.3. The average molecular weight is 327 g/mol. The number of carboxylic acid groups (broad SMARTS) is 1. The summed E-state index contributed by atoms with van der Waals surface area (Å²) in [5.41, 5.74) is 0. The van der Waals surface area contributed by atoms with Crippen LogP contribution < -0.4 is 0 Å². The second-order valence-electron chi connectivity index (χ2n) is 4.83. The fourth-order valence-corrected chi connectivity index (χ4v) is 3.39. The summed E-state index contributed by atoms with van der Waals surface area (Å²) in [6.07, 6.45) is 0.273. The first-order valence-electron chi connectivity index (χ1n) is 6.63. The van der Waals surface area contributed by atoms with Gasteiger partial charge in [0.15, 0.2) is 0 Å². The molecule has 0 amide bonds. The number of carbonyl (C=O) groups is 1. The molecule has 0 aromatic carbocycles. The molecule has 0 aliphatic heterocycles. The third-order valence-electron chi connectivity index (χ3n) is 3.16. The smallest absolute Gasteiger partial charge is 0.371 e.